The Morgan fingerprint density at radius 2 is 1.78 bits per heavy atom. The number of nitrogen functional groups attached to an aromatic ring is 1. The van der Waals surface area contributed by atoms with Crippen LogP contribution in [0, 0.1) is 5.41 Å². The first-order valence-electron chi connectivity index (χ1n) is 5.84. The minimum atomic E-state index is 0.0772. The second-order valence-electron chi connectivity index (χ2n) is 5.64. The summed E-state index contributed by atoms with van der Waals surface area (Å²) >= 11 is 12.1. The highest BCUT2D eigenvalue weighted by Gasteiger charge is 2.25. The zero-order valence-corrected chi connectivity index (χ0v) is 12.5. The molecule has 0 saturated heterocycles. The minimum absolute atomic E-state index is 0.0772. The van der Waals surface area contributed by atoms with Crippen LogP contribution in [0.4, 0.5) is 5.95 Å². The van der Waals surface area contributed by atoms with Crippen LogP contribution in [0.3, 0.4) is 0 Å². The fraction of sp³-hybridized carbons (Fsp3) is 0.462. The molecule has 0 bridgehead atoms. The largest absolute Gasteiger partial charge is 0.369 e. The van der Waals surface area contributed by atoms with Crippen LogP contribution in [0.25, 0.3) is 11.0 Å². The lowest BCUT2D eigenvalue weighted by atomic mass is 9.88. The third-order valence-electron chi connectivity index (χ3n) is 3.40. The summed E-state index contributed by atoms with van der Waals surface area (Å²) in [5.41, 5.74) is 7.79. The van der Waals surface area contributed by atoms with Gasteiger partial charge in [-0.2, -0.15) is 0 Å². The van der Waals surface area contributed by atoms with Crippen molar-refractivity contribution in [2.75, 3.05) is 5.73 Å². The van der Waals surface area contributed by atoms with E-state index in [2.05, 4.69) is 32.7 Å². The van der Waals surface area contributed by atoms with E-state index in [4.69, 9.17) is 28.9 Å². The lowest BCUT2D eigenvalue weighted by Crippen LogP contribution is -2.22. The average Bonchev–Trinajstić information content (AvgIpc) is 2.52. The van der Waals surface area contributed by atoms with Gasteiger partial charge in [-0.15, -0.1) is 0 Å². The number of halogens is 2. The van der Waals surface area contributed by atoms with E-state index < -0.39 is 0 Å². The number of anilines is 1. The van der Waals surface area contributed by atoms with Gasteiger partial charge in [0, 0.05) is 6.04 Å². The van der Waals surface area contributed by atoms with Crippen molar-refractivity contribution in [1.29, 1.82) is 0 Å². The van der Waals surface area contributed by atoms with Crippen LogP contribution in [-0.4, -0.2) is 9.55 Å². The van der Waals surface area contributed by atoms with Crippen LogP contribution in [0.1, 0.15) is 33.7 Å². The predicted octanol–water partition coefficient (Wildman–Crippen LogP) is 4.53. The van der Waals surface area contributed by atoms with Crippen molar-refractivity contribution >= 4 is 40.2 Å². The number of aromatic nitrogens is 2. The number of hydrogen-bond acceptors (Lipinski definition) is 2. The first-order chi connectivity index (χ1) is 8.21. The molecule has 3 nitrogen and oxygen atoms in total. The molecule has 1 atom stereocenters. The average molecular weight is 286 g/mol. The number of hydrogen-bond donors (Lipinski definition) is 1. The SMILES string of the molecule is CC(n1c(N)nc2cc(Cl)c(Cl)cc21)C(C)(C)C. The molecule has 18 heavy (non-hydrogen) atoms. The van der Waals surface area contributed by atoms with Crippen molar-refractivity contribution in [1.82, 2.24) is 9.55 Å². The molecule has 0 fully saturated rings. The first-order valence-corrected chi connectivity index (χ1v) is 6.60. The Hall–Kier alpha value is -0.930. The van der Waals surface area contributed by atoms with E-state index in [1.54, 1.807) is 6.07 Å². The second-order valence-corrected chi connectivity index (χ2v) is 6.45. The van der Waals surface area contributed by atoms with E-state index in [0.717, 1.165) is 11.0 Å². The van der Waals surface area contributed by atoms with E-state index in [0.29, 0.717) is 16.0 Å². The molecule has 2 rings (SSSR count). The first kappa shape index (κ1) is 13.5. The molecule has 0 amide bonds. The Labute approximate surface area is 117 Å². The normalized spacial score (nSPS) is 14.1. The Kier molecular flexibility index (Phi) is 3.24. The zero-order chi connectivity index (χ0) is 13.7. The molecule has 0 aliphatic heterocycles. The van der Waals surface area contributed by atoms with E-state index in [-0.39, 0.29) is 11.5 Å². The van der Waals surface area contributed by atoms with E-state index in [9.17, 15) is 0 Å². The van der Waals surface area contributed by atoms with Gasteiger partial charge in [0.1, 0.15) is 0 Å². The third-order valence-corrected chi connectivity index (χ3v) is 4.12. The van der Waals surface area contributed by atoms with Gasteiger partial charge >= 0.3 is 0 Å². The monoisotopic (exact) mass is 285 g/mol. The van der Waals surface area contributed by atoms with Crippen LogP contribution >= 0.6 is 23.2 Å². The minimum Gasteiger partial charge on any atom is -0.369 e. The van der Waals surface area contributed by atoms with Crippen molar-refractivity contribution in [3.63, 3.8) is 0 Å². The number of nitrogens with zero attached hydrogens (tertiary/aromatic N) is 2. The molecule has 0 aliphatic rings. The predicted molar refractivity (Wildman–Crippen MR) is 78.3 cm³/mol. The highest BCUT2D eigenvalue weighted by Crippen LogP contribution is 2.36. The van der Waals surface area contributed by atoms with Crippen LogP contribution in [0.15, 0.2) is 12.1 Å². The number of imidazole rings is 1. The Morgan fingerprint density at radius 1 is 1.22 bits per heavy atom. The van der Waals surface area contributed by atoms with Crippen molar-refractivity contribution in [2.45, 2.75) is 33.7 Å². The zero-order valence-electron chi connectivity index (χ0n) is 11.0. The van der Waals surface area contributed by atoms with Gasteiger partial charge in [-0.3, -0.25) is 0 Å². The quantitative estimate of drug-likeness (QED) is 0.836. The van der Waals surface area contributed by atoms with Gasteiger partial charge in [0.25, 0.3) is 0 Å². The summed E-state index contributed by atoms with van der Waals surface area (Å²) < 4.78 is 2.01. The lowest BCUT2D eigenvalue weighted by molar-refractivity contribution is 0.270. The van der Waals surface area contributed by atoms with E-state index in [1.165, 1.54) is 0 Å². The standard InChI is InChI=1S/C13H17Cl2N3/c1-7(13(2,3)4)18-11-6-9(15)8(14)5-10(11)17-12(18)16/h5-7H,1-4H3,(H2,16,17). The number of nitrogens with two attached hydrogens (primary N) is 1. The summed E-state index contributed by atoms with van der Waals surface area (Å²) in [5, 5.41) is 1.02. The Bertz CT molecular complexity index is 596. The molecular weight excluding hydrogens is 269 g/mol. The van der Waals surface area contributed by atoms with Crippen molar-refractivity contribution in [3.05, 3.63) is 22.2 Å². The molecule has 1 aromatic carbocycles. The Balaban J connectivity index is 2.71. The number of benzene rings is 1. The van der Waals surface area contributed by atoms with E-state index >= 15 is 0 Å². The number of rotatable bonds is 1. The number of fused-ring (bicyclic) bond motifs is 1. The van der Waals surface area contributed by atoms with Gasteiger partial charge in [0.05, 0.1) is 21.1 Å². The summed E-state index contributed by atoms with van der Waals surface area (Å²) in [4.78, 5) is 4.35. The van der Waals surface area contributed by atoms with Crippen LogP contribution in [0.5, 0.6) is 0 Å². The van der Waals surface area contributed by atoms with Crippen LogP contribution in [0.2, 0.25) is 10.0 Å². The lowest BCUT2D eigenvalue weighted by Gasteiger charge is -2.29. The van der Waals surface area contributed by atoms with Gasteiger partial charge < -0.3 is 10.3 Å². The third kappa shape index (κ3) is 2.17. The summed E-state index contributed by atoms with van der Waals surface area (Å²) in [7, 11) is 0. The summed E-state index contributed by atoms with van der Waals surface area (Å²) in [6.45, 7) is 8.63. The molecule has 98 valence electrons. The van der Waals surface area contributed by atoms with Gasteiger partial charge in [-0.25, -0.2) is 4.98 Å². The van der Waals surface area contributed by atoms with Gasteiger partial charge in [-0.1, -0.05) is 44.0 Å². The molecule has 2 N–H and O–H groups in total. The van der Waals surface area contributed by atoms with Crippen LogP contribution in [-0.2, 0) is 0 Å². The van der Waals surface area contributed by atoms with Crippen molar-refractivity contribution in [3.8, 4) is 0 Å². The molecule has 5 heteroatoms. The highest BCUT2D eigenvalue weighted by molar-refractivity contribution is 6.42. The molecule has 0 aliphatic carbocycles. The van der Waals surface area contributed by atoms with Crippen molar-refractivity contribution in [2.24, 2.45) is 5.41 Å². The molecule has 0 radical (unpaired) electrons. The molecule has 1 heterocycles. The highest BCUT2D eigenvalue weighted by atomic mass is 35.5. The molecule has 1 aromatic heterocycles. The maximum absolute atomic E-state index is 6.07. The maximum Gasteiger partial charge on any atom is 0.201 e. The molecule has 2 aromatic rings. The smallest absolute Gasteiger partial charge is 0.201 e. The van der Waals surface area contributed by atoms with Crippen LogP contribution < -0.4 is 5.73 Å². The van der Waals surface area contributed by atoms with Crippen molar-refractivity contribution < 1.29 is 0 Å². The van der Waals surface area contributed by atoms with Gasteiger partial charge in [-0.05, 0) is 24.5 Å². The molecular formula is C13H17Cl2N3. The topological polar surface area (TPSA) is 43.8 Å². The van der Waals surface area contributed by atoms with Gasteiger partial charge in [0.15, 0.2) is 0 Å². The Morgan fingerprint density at radius 3 is 2.33 bits per heavy atom. The molecule has 0 saturated carbocycles. The van der Waals surface area contributed by atoms with Gasteiger partial charge in [0.2, 0.25) is 5.95 Å². The summed E-state index contributed by atoms with van der Waals surface area (Å²) in [6, 6.07) is 3.78. The fourth-order valence-corrected chi connectivity index (χ4v) is 2.22. The summed E-state index contributed by atoms with van der Waals surface area (Å²) in [6.07, 6.45) is 0. The summed E-state index contributed by atoms with van der Waals surface area (Å²) in [5.74, 6) is 0.491. The second kappa shape index (κ2) is 4.32. The molecule has 0 spiro atoms. The fourth-order valence-electron chi connectivity index (χ4n) is 1.90. The molecule has 1 unspecified atom stereocenters. The maximum atomic E-state index is 6.07. The van der Waals surface area contributed by atoms with E-state index in [1.807, 2.05) is 10.6 Å².